The number of nitrogens with one attached hydrogen (secondary N) is 2. The first kappa shape index (κ1) is 24.3. The zero-order chi connectivity index (χ0) is 23.0. The summed E-state index contributed by atoms with van der Waals surface area (Å²) in [6.07, 6.45) is 2.70. The minimum Gasteiger partial charge on any atom is -0.481 e. The van der Waals surface area contributed by atoms with Gasteiger partial charge >= 0.3 is 12.1 Å². The molecule has 1 aliphatic carbocycles. The van der Waals surface area contributed by atoms with Crippen LogP contribution in [0.5, 0.6) is 0 Å². The number of rotatable bonds is 9. The summed E-state index contributed by atoms with van der Waals surface area (Å²) in [5.74, 6) is -2.49. The van der Waals surface area contributed by atoms with E-state index < -0.39 is 41.8 Å². The van der Waals surface area contributed by atoms with Gasteiger partial charge in [0.25, 0.3) is 0 Å². The molecule has 0 bridgehead atoms. The van der Waals surface area contributed by atoms with Crippen LogP contribution in [0.3, 0.4) is 0 Å². The quantitative estimate of drug-likeness (QED) is 0.506. The van der Waals surface area contributed by atoms with Crippen molar-refractivity contribution in [2.24, 2.45) is 5.92 Å². The van der Waals surface area contributed by atoms with Gasteiger partial charge in [0.1, 0.15) is 12.6 Å². The Hall–Kier alpha value is -2.30. The van der Waals surface area contributed by atoms with Crippen molar-refractivity contribution in [3.05, 3.63) is 35.9 Å². The van der Waals surface area contributed by atoms with E-state index in [0.717, 1.165) is 5.56 Å². The third-order valence-corrected chi connectivity index (χ3v) is 6.39. The molecule has 2 amide bonds. The molecule has 0 radical (unpaired) electrons. The van der Waals surface area contributed by atoms with Crippen LogP contribution in [0.2, 0.25) is 0 Å². The van der Waals surface area contributed by atoms with Crippen molar-refractivity contribution in [2.45, 2.75) is 50.2 Å². The summed E-state index contributed by atoms with van der Waals surface area (Å²) in [6, 6.07) is 7.84. The van der Waals surface area contributed by atoms with E-state index in [-0.39, 0.29) is 13.0 Å². The van der Waals surface area contributed by atoms with Crippen LogP contribution >= 0.6 is 11.8 Å². The monoisotopic (exact) mass is 466 g/mol. The molecular weight excluding hydrogens is 436 g/mol. The number of thioether (sulfide) groups is 1. The summed E-state index contributed by atoms with van der Waals surface area (Å²) in [5.41, 5.74) is 0.838. The second kappa shape index (κ2) is 11.5. The number of carbonyl (C=O) groups is 3. The van der Waals surface area contributed by atoms with Gasteiger partial charge in [-0.15, -0.1) is 0 Å². The Morgan fingerprint density at radius 1 is 1.25 bits per heavy atom. The largest absolute Gasteiger partial charge is 0.481 e. The van der Waals surface area contributed by atoms with Gasteiger partial charge in [0.15, 0.2) is 5.79 Å². The molecule has 2 aliphatic rings. The summed E-state index contributed by atoms with van der Waals surface area (Å²) in [5, 5.41) is 15.2. The van der Waals surface area contributed by atoms with Gasteiger partial charge in [-0.3, -0.25) is 9.59 Å². The SMILES string of the molecule is CSCCC(NC(=O)OCc1ccccc1)C(=O)N[C@H]1CCC2(C[C@H]1C(=O)O)OCCO2. The highest BCUT2D eigenvalue weighted by Gasteiger charge is 2.48. The van der Waals surface area contributed by atoms with Gasteiger partial charge in [-0.25, -0.2) is 4.79 Å². The smallest absolute Gasteiger partial charge is 0.408 e. The van der Waals surface area contributed by atoms with Crippen LogP contribution in [-0.4, -0.2) is 66.2 Å². The van der Waals surface area contributed by atoms with Crippen LogP contribution in [0.4, 0.5) is 4.79 Å². The fraction of sp³-hybridized carbons (Fsp3) is 0.591. The number of ether oxygens (including phenoxy) is 3. The highest BCUT2D eigenvalue weighted by molar-refractivity contribution is 7.98. The molecular formula is C22H30N2O7S. The lowest BCUT2D eigenvalue weighted by molar-refractivity contribution is -0.197. The molecule has 1 heterocycles. The van der Waals surface area contributed by atoms with Crippen molar-refractivity contribution in [2.75, 3.05) is 25.2 Å². The first-order valence-electron chi connectivity index (χ1n) is 10.7. The molecule has 1 saturated carbocycles. The summed E-state index contributed by atoms with van der Waals surface area (Å²) >= 11 is 1.55. The van der Waals surface area contributed by atoms with Crippen LogP contribution in [0.15, 0.2) is 30.3 Å². The lowest BCUT2D eigenvalue weighted by Gasteiger charge is -2.39. The summed E-state index contributed by atoms with van der Waals surface area (Å²) in [7, 11) is 0. The molecule has 1 spiro atoms. The zero-order valence-corrected chi connectivity index (χ0v) is 18.9. The molecule has 2 fully saturated rings. The molecule has 32 heavy (non-hydrogen) atoms. The van der Waals surface area contributed by atoms with Gasteiger partial charge in [-0.05, 0) is 30.4 Å². The normalized spacial score (nSPS) is 22.8. The van der Waals surface area contributed by atoms with Crippen molar-refractivity contribution in [1.29, 1.82) is 0 Å². The molecule has 3 atom stereocenters. The van der Waals surface area contributed by atoms with E-state index in [2.05, 4.69) is 10.6 Å². The van der Waals surface area contributed by atoms with E-state index in [1.54, 1.807) is 11.8 Å². The number of amides is 2. The highest BCUT2D eigenvalue weighted by atomic mass is 32.2. The van der Waals surface area contributed by atoms with E-state index in [1.807, 2.05) is 36.6 Å². The van der Waals surface area contributed by atoms with Crippen molar-refractivity contribution >= 4 is 29.7 Å². The van der Waals surface area contributed by atoms with Crippen LogP contribution in [-0.2, 0) is 30.4 Å². The predicted octanol–water partition coefficient (Wildman–Crippen LogP) is 2.15. The molecule has 10 heteroatoms. The fourth-order valence-corrected chi connectivity index (χ4v) is 4.51. The Labute approximate surface area is 191 Å². The molecule has 9 nitrogen and oxygen atoms in total. The van der Waals surface area contributed by atoms with E-state index >= 15 is 0 Å². The first-order chi connectivity index (χ1) is 15.4. The predicted molar refractivity (Wildman–Crippen MR) is 118 cm³/mol. The number of alkyl carbamates (subject to hydrolysis) is 1. The lowest BCUT2D eigenvalue weighted by atomic mass is 9.80. The summed E-state index contributed by atoms with van der Waals surface area (Å²) in [4.78, 5) is 37.1. The maximum Gasteiger partial charge on any atom is 0.408 e. The van der Waals surface area contributed by atoms with Gasteiger partial charge in [0.05, 0.1) is 19.1 Å². The number of carbonyl (C=O) groups excluding carboxylic acids is 2. The average Bonchev–Trinajstić information content (AvgIpc) is 3.25. The van der Waals surface area contributed by atoms with Gasteiger partial charge < -0.3 is 30.0 Å². The maximum atomic E-state index is 13.0. The summed E-state index contributed by atoms with van der Waals surface area (Å²) < 4.78 is 16.6. The highest BCUT2D eigenvalue weighted by Crippen LogP contribution is 2.39. The Balaban J connectivity index is 1.58. The zero-order valence-electron chi connectivity index (χ0n) is 18.1. The molecule has 3 rings (SSSR count). The Bertz CT molecular complexity index is 786. The lowest BCUT2D eigenvalue weighted by Crippen LogP contribution is -2.56. The van der Waals surface area contributed by atoms with Crippen LogP contribution in [0.1, 0.15) is 31.2 Å². The second-order valence-electron chi connectivity index (χ2n) is 7.95. The molecule has 1 aliphatic heterocycles. The van der Waals surface area contributed by atoms with Crippen molar-refractivity contribution in [3.63, 3.8) is 0 Å². The van der Waals surface area contributed by atoms with E-state index in [0.29, 0.717) is 38.2 Å². The van der Waals surface area contributed by atoms with Gasteiger partial charge in [-0.2, -0.15) is 11.8 Å². The first-order valence-corrected chi connectivity index (χ1v) is 12.1. The molecule has 0 aromatic heterocycles. The number of benzene rings is 1. The molecule has 1 saturated heterocycles. The number of hydrogen-bond donors (Lipinski definition) is 3. The standard InChI is InChI=1S/C22H30N2O7S/c1-32-12-8-18(24-21(28)29-14-15-5-3-2-4-6-15)19(25)23-17-7-9-22(30-10-11-31-22)13-16(17)20(26)27/h2-6,16-18H,7-14H2,1H3,(H,23,25)(H,24,28)(H,26,27)/t16-,17+,18?/m1/s1. The van der Waals surface area contributed by atoms with E-state index in [1.165, 1.54) is 0 Å². The minimum absolute atomic E-state index is 0.0926. The minimum atomic E-state index is -1.01. The van der Waals surface area contributed by atoms with E-state index in [9.17, 15) is 19.5 Å². The molecule has 176 valence electrons. The third-order valence-electron chi connectivity index (χ3n) is 5.74. The number of carboxylic acid groups (broad SMARTS) is 1. The van der Waals surface area contributed by atoms with Crippen LogP contribution in [0, 0.1) is 5.92 Å². The topological polar surface area (TPSA) is 123 Å². The average molecular weight is 467 g/mol. The van der Waals surface area contributed by atoms with E-state index in [4.69, 9.17) is 14.2 Å². The van der Waals surface area contributed by atoms with Crippen molar-refractivity contribution in [3.8, 4) is 0 Å². The van der Waals surface area contributed by atoms with Crippen LogP contribution < -0.4 is 10.6 Å². The molecule has 1 aromatic carbocycles. The molecule has 3 N–H and O–H groups in total. The Morgan fingerprint density at radius 2 is 1.97 bits per heavy atom. The number of aliphatic carboxylic acids is 1. The summed E-state index contributed by atoms with van der Waals surface area (Å²) in [6.45, 7) is 0.972. The van der Waals surface area contributed by atoms with Crippen molar-refractivity contribution < 1.29 is 33.7 Å². The van der Waals surface area contributed by atoms with Crippen molar-refractivity contribution in [1.82, 2.24) is 10.6 Å². The van der Waals surface area contributed by atoms with Gasteiger partial charge in [0, 0.05) is 18.9 Å². The van der Waals surface area contributed by atoms with Gasteiger partial charge in [-0.1, -0.05) is 30.3 Å². The Morgan fingerprint density at radius 3 is 2.62 bits per heavy atom. The fourth-order valence-electron chi connectivity index (χ4n) is 4.04. The molecule has 1 aromatic rings. The van der Waals surface area contributed by atoms with Gasteiger partial charge in [0.2, 0.25) is 5.91 Å². The Kier molecular flexibility index (Phi) is 8.77. The second-order valence-corrected chi connectivity index (χ2v) is 8.94. The number of carboxylic acids is 1. The third kappa shape index (κ3) is 6.60. The number of hydrogen-bond acceptors (Lipinski definition) is 7. The molecule has 1 unspecified atom stereocenters. The van der Waals surface area contributed by atoms with Crippen LogP contribution in [0.25, 0.3) is 0 Å². The maximum absolute atomic E-state index is 13.0.